The van der Waals surface area contributed by atoms with Gasteiger partial charge in [-0.05, 0) is 80.0 Å². The lowest BCUT2D eigenvalue weighted by Gasteiger charge is -2.54. The number of amides is 1. The van der Waals surface area contributed by atoms with Gasteiger partial charge in [0.1, 0.15) is 5.75 Å². The first-order valence-electron chi connectivity index (χ1n) is 12.9. The van der Waals surface area contributed by atoms with Crippen molar-refractivity contribution in [3.8, 4) is 5.75 Å². The number of rotatable bonds is 6. The van der Waals surface area contributed by atoms with Crippen LogP contribution in [0.4, 0.5) is 8.78 Å². The van der Waals surface area contributed by atoms with E-state index in [1.54, 1.807) is 7.11 Å². The van der Waals surface area contributed by atoms with Gasteiger partial charge in [-0.1, -0.05) is 12.1 Å². The Labute approximate surface area is 210 Å². The molecule has 1 aromatic heterocycles. The molecule has 5 nitrogen and oxygen atoms in total. The third-order valence-electron chi connectivity index (χ3n) is 8.43. The molecule has 1 spiro atoms. The summed E-state index contributed by atoms with van der Waals surface area (Å²) in [6, 6.07) is 12.2. The number of aromatic nitrogens is 1. The largest absolute Gasteiger partial charge is 0.496 e. The zero-order valence-corrected chi connectivity index (χ0v) is 20.9. The van der Waals surface area contributed by atoms with Crippen molar-refractivity contribution in [1.82, 2.24) is 15.2 Å². The van der Waals surface area contributed by atoms with Crippen LogP contribution in [0.5, 0.6) is 5.75 Å². The summed E-state index contributed by atoms with van der Waals surface area (Å²) in [5.41, 5.74) is 4.74. The van der Waals surface area contributed by atoms with Gasteiger partial charge < -0.3 is 15.0 Å². The fourth-order valence-corrected chi connectivity index (χ4v) is 6.40. The monoisotopic (exact) mass is 493 g/mol. The van der Waals surface area contributed by atoms with E-state index in [9.17, 15) is 13.6 Å². The molecule has 1 aliphatic heterocycles. The smallest absolute Gasteiger partial charge is 0.251 e. The van der Waals surface area contributed by atoms with Crippen molar-refractivity contribution in [3.63, 3.8) is 0 Å². The Morgan fingerprint density at radius 2 is 1.94 bits per heavy atom. The number of alkyl halides is 2. The molecule has 1 atom stereocenters. The minimum Gasteiger partial charge on any atom is -0.496 e. The SMILES string of the molecule is COc1cc(C)c2[nH]ccc2c1CN1CCC2(C[C@H]1c1ccc(C(=O)NC3CC3)cc1)CC(F)(F)C2. The normalized spacial score (nSPS) is 22.9. The Bertz CT molecular complexity index is 1290. The zero-order chi connectivity index (χ0) is 25.1. The number of hydrogen-bond acceptors (Lipinski definition) is 3. The van der Waals surface area contributed by atoms with Crippen molar-refractivity contribution in [2.45, 2.75) is 70.0 Å². The standard InChI is InChI=1S/C29H33F2N3O2/c1-18-13-25(36-2)23(22-9-11-32-26(18)22)15-34-12-10-28(16-29(30,31)17-28)14-24(34)19-3-5-20(6-4-19)27(35)33-21-7-8-21/h3-6,9,11,13,21,24,32H,7-8,10,12,14-17H2,1-2H3,(H,33,35)/t24-/m0/s1. The molecule has 3 aliphatic rings. The Morgan fingerprint density at radius 3 is 2.61 bits per heavy atom. The molecule has 7 heteroatoms. The van der Waals surface area contributed by atoms with Gasteiger partial charge in [0.2, 0.25) is 5.92 Å². The van der Waals surface area contributed by atoms with Crippen LogP contribution < -0.4 is 10.1 Å². The van der Waals surface area contributed by atoms with Gasteiger partial charge in [-0.15, -0.1) is 0 Å². The summed E-state index contributed by atoms with van der Waals surface area (Å²) in [5, 5.41) is 4.17. The van der Waals surface area contributed by atoms with E-state index in [1.165, 1.54) is 0 Å². The van der Waals surface area contributed by atoms with E-state index in [0.717, 1.165) is 59.2 Å². The number of likely N-dealkylation sites (tertiary alicyclic amines) is 1. The van der Waals surface area contributed by atoms with Gasteiger partial charge in [-0.25, -0.2) is 8.78 Å². The number of carbonyl (C=O) groups is 1. The molecule has 2 aromatic carbocycles. The maximum Gasteiger partial charge on any atom is 0.251 e. The summed E-state index contributed by atoms with van der Waals surface area (Å²) in [7, 11) is 1.70. The average molecular weight is 494 g/mol. The number of aromatic amines is 1. The lowest BCUT2D eigenvalue weighted by atomic mass is 9.59. The predicted molar refractivity (Wildman–Crippen MR) is 136 cm³/mol. The Kier molecular flexibility index (Phi) is 5.59. The molecule has 190 valence electrons. The van der Waals surface area contributed by atoms with Crippen LogP contribution >= 0.6 is 0 Å². The van der Waals surface area contributed by atoms with Crippen LogP contribution in [0.2, 0.25) is 0 Å². The second-order valence-electron chi connectivity index (χ2n) is 11.2. The molecule has 2 heterocycles. The number of methoxy groups -OCH3 is 1. The molecule has 6 rings (SSSR count). The molecule has 0 unspecified atom stereocenters. The Hall–Kier alpha value is -2.93. The summed E-state index contributed by atoms with van der Waals surface area (Å²) in [6.07, 6.45) is 5.45. The first-order chi connectivity index (χ1) is 17.3. The number of H-pyrrole nitrogens is 1. The number of nitrogens with zero attached hydrogens (tertiary/aromatic N) is 1. The van der Waals surface area contributed by atoms with Crippen molar-refractivity contribution < 1.29 is 18.3 Å². The number of fused-ring (bicyclic) bond motifs is 1. The molecular weight excluding hydrogens is 460 g/mol. The van der Waals surface area contributed by atoms with Crippen LogP contribution in [-0.2, 0) is 6.54 Å². The van der Waals surface area contributed by atoms with Crippen molar-refractivity contribution in [2.24, 2.45) is 5.41 Å². The Balaban J connectivity index is 1.31. The molecule has 1 amide bonds. The predicted octanol–water partition coefficient (Wildman–Crippen LogP) is 6.13. The van der Waals surface area contributed by atoms with Gasteiger partial charge in [0, 0.05) is 59.7 Å². The van der Waals surface area contributed by atoms with Gasteiger partial charge in [-0.3, -0.25) is 9.69 Å². The minimum atomic E-state index is -2.55. The maximum absolute atomic E-state index is 14.0. The fraction of sp³-hybridized carbons (Fsp3) is 0.483. The molecule has 2 N–H and O–H groups in total. The van der Waals surface area contributed by atoms with Crippen molar-refractivity contribution in [3.05, 3.63) is 64.8 Å². The third kappa shape index (κ3) is 4.27. The number of carbonyl (C=O) groups excluding carboxylic acids is 1. The topological polar surface area (TPSA) is 57.4 Å². The average Bonchev–Trinajstić information content (AvgIpc) is 3.51. The molecule has 3 fully saturated rings. The highest BCUT2D eigenvalue weighted by atomic mass is 19.3. The van der Waals surface area contributed by atoms with E-state index < -0.39 is 5.92 Å². The number of piperidine rings is 1. The van der Waals surface area contributed by atoms with Crippen molar-refractivity contribution in [1.29, 1.82) is 0 Å². The van der Waals surface area contributed by atoms with Gasteiger partial charge >= 0.3 is 0 Å². The van der Waals surface area contributed by atoms with Gasteiger partial charge in [-0.2, -0.15) is 0 Å². The van der Waals surface area contributed by atoms with E-state index >= 15 is 0 Å². The maximum atomic E-state index is 14.0. The van der Waals surface area contributed by atoms with Crippen molar-refractivity contribution in [2.75, 3.05) is 13.7 Å². The molecule has 0 bridgehead atoms. The summed E-state index contributed by atoms with van der Waals surface area (Å²) in [6.45, 7) is 3.47. The molecule has 36 heavy (non-hydrogen) atoms. The number of hydrogen-bond donors (Lipinski definition) is 2. The van der Waals surface area contributed by atoms with Crippen LogP contribution in [-0.4, -0.2) is 41.4 Å². The van der Waals surface area contributed by atoms with Gasteiger partial charge in [0.25, 0.3) is 5.91 Å². The molecule has 2 aliphatic carbocycles. The molecule has 3 aromatic rings. The number of halogens is 2. The van der Waals surface area contributed by atoms with Gasteiger partial charge in [0.05, 0.1) is 7.11 Å². The van der Waals surface area contributed by atoms with E-state index in [-0.39, 0.29) is 30.2 Å². The number of aryl methyl sites for hydroxylation is 1. The van der Waals surface area contributed by atoms with E-state index in [0.29, 0.717) is 24.6 Å². The first kappa shape index (κ1) is 23.5. The molecule has 0 radical (unpaired) electrons. The van der Waals surface area contributed by atoms with Crippen LogP contribution in [0.15, 0.2) is 42.6 Å². The van der Waals surface area contributed by atoms with E-state index in [1.807, 2.05) is 30.5 Å². The van der Waals surface area contributed by atoms with Crippen LogP contribution in [0.1, 0.15) is 71.6 Å². The number of ether oxygens (including phenoxy) is 1. The van der Waals surface area contributed by atoms with Crippen LogP contribution in [0, 0.1) is 12.3 Å². The quantitative estimate of drug-likeness (QED) is 0.434. The second-order valence-corrected chi connectivity index (χ2v) is 11.2. The highest BCUT2D eigenvalue weighted by molar-refractivity contribution is 5.94. The lowest BCUT2D eigenvalue weighted by Crippen LogP contribution is -2.53. The molecule has 1 saturated heterocycles. The molecular formula is C29H33F2N3O2. The Morgan fingerprint density at radius 1 is 1.19 bits per heavy atom. The molecule has 2 saturated carbocycles. The fourth-order valence-electron chi connectivity index (χ4n) is 6.40. The zero-order valence-electron chi connectivity index (χ0n) is 20.9. The lowest BCUT2D eigenvalue weighted by molar-refractivity contribution is -0.186. The van der Waals surface area contributed by atoms with E-state index in [4.69, 9.17) is 4.74 Å². The summed E-state index contributed by atoms with van der Waals surface area (Å²) in [5.74, 6) is -1.74. The summed E-state index contributed by atoms with van der Waals surface area (Å²) in [4.78, 5) is 18.2. The highest BCUT2D eigenvalue weighted by Crippen LogP contribution is 2.60. The third-order valence-corrected chi connectivity index (χ3v) is 8.43. The number of benzene rings is 2. The minimum absolute atomic E-state index is 0.00426. The van der Waals surface area contributed by atoms with Crippen LogP contribution in [0.3, 0.4) is 0 Å². The van der Waals surface area contributed by atoms with Gasteiger partial charge in [0.15, 0.2) is 0 Å². The second kappa shape index (κ2) is 8.58. The number of nitrogens with one attached hydrogen (secondary N) is 2. The van der Waals surface area contributed by atoms with E-state index in [2.05, 4.69) is 34.3 Å². The van der Waals surface area contributed by atoms with Crippen molar-refractivity contribution >= 4 is 16.8 Å². The summed E-state index contributed by atoms with van der Waals surface area (Å²) < 4.78 is 33.8. The first-order valence-corrected chi connectivity index (χ1v) is 12.9. The van der Waals surface area contributed by atoms with Crippen LogP contribution in [0.25, 0.3) is 10.9 Å². The highest BCUT2D eigenvalue weighted by Gasteiger charge is 2.58. The summed E-state index contributed by atoms with van der Waals surface area (Å²) >= 11 is 0.